The zero-order valence-electron chi connectivity index (χ0n) is 13.8. The van der Waals surface area contributed by atoms with Crippen LogP contribution in [0.2, 0.25) is 0 Å². The van der Waals surface area contributed by atoms with Crippen molar-refractivity contribution in [2.24, 2.45) is 4.99 Å². The van der Waals surface area contributed by atoms with E-state index in [0.29, 0.717) is 25.4 Å². The maximum Gasteiger partial charge on any atom is 0.161 e. The Morgan fingerprint density at radius 3 is 2.64 bits per heavy atom. The second-order valence-corrected chi connectivity index (χ2v) is 6.05. The average molecular weight is 307 g/mol. The van der Waals surface area contributed by atoms with Crippen LogP contribution in [0.3, 0.4) is 0 Å². The SMILES string of the molecule is COCCCOc1cc2c(cc1OC)C=N[C@@H](C(C)(C)O)C2. The van der Waals surface area contributed by atoms with Gasteiger partial charge in [-0.1, -0.05) is 0 Å². The smallest absolute Gasteiger partial charge is 0.161 e. The van der Waals surface area contributed by atoms with Crippen molar-refractivity contribution in [2.75, 3.05) is 27.4 Å². The van der Waals surface area contributed by atoms with Crippen LogP contribution < -0.4 is 9.47 Å². The monoisotopic (exact) mass is 307 g/mol. The molecule has 122 valence electrons. The summed E-state index contributed by atoms with van der Waals surface area (Å²) in [6, 6.07) is 3.78. The number of fused-ring (bicyclic) bond motifs is 1. The number of rotatable bonds is 7. The third kappa shape index (κ3) is 3.99. The van der Waals surface area contributed by atoms with Gasteiger partial charge in [0, 0.05) is 26.4 Å². The van der Waals surface area contributed by atoms with E-state index < -0.39 is 5.60 Å². The molecule has 0 amide bonds. The van der Waals surface area contributed by atoms with E-state index in [4.69, 9.17) is 14.2 Å². The lowest BCUT2D eigenvalue weighted by molar-refractivity contribution is 0.0527. The second-order valence-electron chi connectivity index (χ2n) is 6.05. The highest BCUT2D eigenvalue weighted by Gasteiger charge is 2.29. The van der Waals surface area contributed by atoms with E-state index in [1.165, 1.54) is 0 Å². The standard InChI is InChI=1S/C17H25NO4/c1-17(2,19)16-10-12-8-15(22-7-5-6-20-3)14(21-4)9-13(12)11-18-16/h8-9,11,16,19H,5-7,10H2,1-4H3/t16-/m1/s1. The fourth-order valence-electron chi connectivity index (χ4n) is 2.44. The van der Waals surface area contributed by atoms with Crippen LogP contribution >= 0.6 is 0 Å². The first-order chi connectivity index (χ1) is 10.5. The van der Waals surface area contributed by atoms with Gasteiger partial charge >= 0.3 is 0 Å². The van der Waals surface area contributed by atoms with Crippen LogP contribution in [0.4, 0.5) is 0 Å². The minimum Gasteiger partial charge on any atom is -0.493 e. The van der Waals surface area contributed by atoms with E-state index in [9.17, 15) is 5.11 Å². The Morgan fingerprint density at radius 2 is 2.00 bits per heavy atom. The van der Waals surface area contributed by atoms with Gasteiger partial charge in [0.25, 0.3) is 0 Å². The second kappa shape index (κ2) is 7.11. The quantitative estimate of drug-likeness (QED) is 0.785. The number of hydrogen-bond acceptors (Lipinski definition) is 5. The Hall–Kier alpha value is -1.59. The summed E-state index contributed by atoms with van der Waals surface area (Å²) in [6.07, 6.45) is 3.32. The minimum atomic E-state index is -0.840. The van der Waals surface area contributed by atoms with Crippen molar-refractivity contribution >= 4 is 6.21 Å². The number of ether oxygens (including phenoxy) is 3. The van der Waals surface area contributed by atoms with E-state index in [0.717, 1.165) is 23.3 Å². The lowest BCUT2D eigenvalue weighted by Gasteiger charge is -2.29. The van der Waals surface area contributed by atoms with Crippen molar-refractivity contribution in [1.29, 1.82) is 0 Å². The Morgan fingerprint density at radius 1 is 1.23 bits per heavy atom. The lowest BCUT2D eigenvalue weighted by atomic mass is 9.88. The first kappa shape index (κ1) is 16.8. The van der Waals surface area contributed by atoms with Gasteiger partial charge in [-0.15, -0.1) is 0 Å². The third-order valence-corrected chi connectivity index (χ3v) is 3.80. The molecule has 0 saturated carbocycles. The van der Waals surface area contributed by atoms with E-state index in [-0.39, 0.29) is 6.04 Å². The van der Waals surface area contributed by atoms with E-state index in [1.54, 1.807) is 34.3 Å². The van der Waals surface area contributed by atoms with Gasteiger partial charge in [-0.05, 0) is 43.5 Å². The van der Waals surface area contributed by atoms with Crippen molar-refractivity contribution in [3.63, 3.8) is 0 Å². The number of aliphatic hydroxyl groups is 1. The molecular weight excluding hydrogens is 282 g/mol. The van der Waals surface area contributed by atoms with Crippen molar-refractivity contribution in [2.45, 2.75) is 38.3 Å². The molecule has 0 spiro atoms. The topological polar surface area (TPSA) is 60.3 Å². The summed E-state index contributed by atoms with van der Waals surface area (Å²) in [6.45, 7) is 4.81. The third-order valence-electron chi connectivity index (χ3n) is 3.80. The molecule has 5 heteroatoms. The molecule has 1 aromatic carbocycles. The molecule has 5 nitrogen and oxygen atoms in total. The molecule has 22 heavy (non-hydrogen) atoms. The normalized spacial score (nSPS) is 17.2. The predicted octanol–water partition coefficient (Wildman–Crippen LogP) is 2.23. The molecule has 1 aliphatic rings. The predicted molar refractivity (Wildman–Crippen MR) is 86.4 cm³/mol. The summed E-state index contributed by atoms with van der Waals surface area (Å²) in [5.74, 6) is 1.42. The molecule has 0 unspecified atom stereocenters. The van der Waals surface area contributed by atoms with E-state index in [2.05, 4.69) is 4.99 Å². The summed E-state index contributed by atoms with van der Waals surface area (Å²) in [7, 11) is 3.30. The van der Waals surface area contributed by atoms with Crippen LogP contribution in [-0.4, -0.2) is 50.4 Å². The van der Waals surface area contributed by atoms with Gasteiger partial charge in [-0.3, -0.25) is 4.99 Å². The molecule has 0 fully saturated rings. The number of methoxy groups -OCH3 is 2. The highest BCUT2D eigenvalue weighted by Crippen LogP contribution is 2.34. The molecule has 1 N–H and O–H groups in total. The summed E-state index contributed by atoms with van der Waals surface area (Å²) in [5.41, 5.74) is 1.29. The van der Waals surface area contributed by atoms with Gasteiger partial charge in [0.05, 0.1) is 25.4 Å². The van der Waals surface area contributed by atoms with Gasteiger partial charge < -0.3 is 19.3 Å². The molecular formula is C17H25NO4. The van der Waals surface area contributed by atoms with Crippen LogP contribution in [0.1, 0.15) is 31.4 Å². The average Bonchev–Trinajstić information content (AvgIpc) is 2.49. The highest BCUT2D eigenvalue weighted by molar-refractivity contribution is 5.84. The molecule has 0 aromatic heterocycles. The minimum absolute atomic E-state index is 0.144. The fraction of sp³-hybridized carbons (Fsp3) is 0.588. The molecule has 0 aliphatic carbocycles. The van der Waals surface area contributed by atoms with Crippen LogP contribution in [0.5, 0.6) is 11.5 Å². The zero-order chi connectivity index (χ0) is 16.2. The molecule has 1 atom stereocenters. The number of aliphatic imine (C=N–C) groups is 1. The van der Waals surface area contributed by atoms with Crippen LogP contribution in [0, 0.1) is 0 Å². The first-order valence-corrected chi connectivity index (χ1v) is 7.54. The lowest BCUT2D eigenvalue weighted by Crippen LogP contribution is -2.38. The van der Waals surface area contributed by atoms with Gasteiger partial charge in [0.15, 0.2) is 11.5 Å². The van der Waals surface area contributed by atoms with Gasteiger partial charge in [0.2, 0.25) is 0 Å². The van der Waals surface area contributed by atoms with Crippen molar-refractivity contribution < 1.29 is 19.3 Å². The molecule has 2 rings (SSSR count). The highest BCUT2D eigenvalue weighted by atomic mass is 16.5. The molecule has 1 aliphatic heterocycles. The first-order valence-electron chi connectivity index (χ1n) is 7.54. The molecule has 0 bridgehead atoms. The summed E-state index contributed by atoms with van der Waals surface area (Å²) >= 11 is 0. The summed E-state index contributed by atoms with van der Waals surface area (Å²) in [5, 5.41) is 10.2. The zero-order valence-corrected chi connectivity index (χ0v) is 13.8. The maximum atomic E-state index is 10.2. The van der Waals surface area contributed by atoms with Crippen LogP contribution in [0.15, 0.2) is 17.1 Å². The Kier molecular flexibility index (Phi) is 5.42. The fourth-order valence-corrected chi connectivity index (χ4v) is 2.44. The van der Waals surface area contributed by atoms with Gasteiger partial charge in [-0.25, -0.2) is 0 Å². The van der Waals surface area contributed by atoms with E-state index >= 15 is 0 Å². The van der Waals surface area contributed by atoms with Crippen molar-refractivity contribution in [1.82, 2.24) is 0 Å². The number of nitrogens with zero attached hydrogens (tertiary/aromatic N) is 1. The van der Waals surface area contributed by atoms with E-state index in [1.807, 2.05) is 12.1 Å². The molecule has 1 heterocycles. The molecule has 1 aromatic rings. The van der Waals surface area contributed by atoms with Gasteiger partial charge in [0.1, 0.15) is 0 Å². The van der Waals surface area contributed by atoms with Crippen LogP contribution in [-0.2, 0) is 11.2 Å². The van der Waals surface area contributed by atoms with Crippen LogP contribution in [0.25, 0.3) is 0 Å². The number of benzene rings is 1. The number of hydrogen-bond donors (Lipinski definition) is 1. The Balaban J connectivity index is 2.18. The van der Waals surface area contributed by atoms with Gasteiger partial charge in [-0.2, -0.15) is 0 Å². The summed E-state index contributed by atoms with van der Waals surface area (Å²) < 4.78 is 16.2. The molecule has 0 saturated heterocycles. The Bertz CT molecular complexity index is 534. The van der Waals surface area contributed by atoms with Crippen molar-refractivity contribution in [3.8, 4) is 11.5 Å². The summed E-state index contributed by atoms with van der Waals surface area (Å²) in [4.78, 5) is 4.45. The largest absolute Gasteiger partial charge is 0.493 e. The Labute approximate surface area is 131 Å². The maximum absolute atomic E-state index is 10.2. The molecule has 0 radical (unpaired) electrons. The van der Waals surface area contributed by atoms with Crippen molar-refractivity contribution in [3.05, 3.63) is 23.3 Å².